The maximum atomic E-state index is 12.1. The molecule has 0 amide bonds. The van der Waals surface area contributed by atoms with Crippen molar-refractivity contribution >= 4 is 11.9 Å². The first-order valence-corrected chi connectivity index (χ1v) is 6.67. The Morgan fingerprint density at radius 2 is 2.17 bits per heavy atom. The molecule has 0 radical (unpaired) electrons. The van der Waals surface area contributed by atoms with Gasteiger partial charge in [0.15, 0.2) is 0 Å². The van der Waals surface area contributed by atoms with E-state index in [0.29, 0.717) is 6.61 Å². The molecule has 3 aliphatic carbocycles. The van der Waals surface area contributed by atoms with Gasteiger partial charge >= 0.3 is 11.9 Å². The van der Waals surface area contributed by atoms with E-state index >= 15 is 0 Å². The summed E-state index contributed by atoms with van der Waals surface area (Å²) in [5, 5.41) is 9.51. The highest BCUT2D eigenvalue weighted by Gasteiger charge is 2.64. The lowest BCUT2D eigenvalue weighted by molar-refractivity contribution is -0.163. The van der Waals surface area contributed by atoms with Gasteiger partial charge in [0.25, 0.3) is 0 Å². The van der Waals surface area contributed by atoms with Crippen molar-refractivity contribution in [2.24, 2.45) is 29.6 Å². The Morgan fingerprint density at radius 1 is 1.44 bits per heavy atom. The van der Waals surface area contributed by atoms with E-state index in [9.17, 15) is 14.7 Å². The van der Waals surface area contributed by atoms with Crippen LogP contribution < -0.4 is 0 Å². The number of fused-ring (bicyclic) bond motifs is 1. The molecular weight excluding hydrogens is 236 g/mol. The van der Waals surface area contributed by atoms with Crippen LogP contribution in [0.5, 0.6) is 0 Å². The average Bonchev–Trinajstić information content (AvgIpc) is 2.65. The molecule has 1 saturated heterocycles. The number of hydrogen-bond donors (Lipinski definition) is 1. The first-order chi connectivity index (χ1) is 8.69. The van der Waals surface area contributed by atoms with Crippen molar-refractivity contribution in [3.63, 3.8) is 0 Å². The molecule has 4 bridgehead atoms. The predicted octanol–water partition coefficient (Wildman–Crippen LogP) is 0.356. The van der Waals surface area contributed by atoms with Crippen LogP contribution in [0.3, 0.4) is 0 Å². The Balaban J connectivity index is 1.94. The molecule has 0 aromatic heterocycles. The molecule has 5 heteroatoms. The molecule has 3 saturated carbocycles. The van der Waals surface area contributed by atoms with Gasteiger partial charge in [0.05, 0.1) is 18.4 Å². The molecular formula is C13H18O5. The highest BCUT2D eigenvalue weighted by Crippen LogP contribution is 2.57. The van der Waals surface area contributed by atoms with Crippen LogP contribution in [-0.4, -0.2) is 36.4 Å². The summed E-state index contributed by atoms with van der Waals surface area (Å²) in [6.07, 6.45) is 1.61. The molecule has 1 heterocycles. The predicted molar refractivity (Wildman–Crippen MR) is 60.3 cm³/mol. The molecule has 5 nitrogen and oxygen atoms in total. The summed E-state index contributed by atoms with van der Waals surface area (Å²) in [7, 11) is 0. The van der Waals surface area contributed by atoms with E-state index < -0.39 is 5.92 Å². The molecule has 4 aliphatic rings. The Labute approximate surface area is 105 Å². The van der Waals surface area contributed by atoms with E-state index in [4.69, 9.17) is 9.47 Å². The minimum atomic E-state index is -0.410. The number of esters is 2. The van der Waals surface area contributed by atoms with Gasteiger partial charge in [-0.1, -0.05) is 0 Å². The van der Waals surface area contributed by atoms with Gasteiger partial charge in [-0.2, -0.15) is 0 Å². The molecule has 100 valence electrons. The minimum absolute atomic E-state index is 0.0261. The fourth-order valence-electron chi connectivity index (χ4n) is 4.19. The van der Waals surface area contributed by atoms with E-state index in [-0.39, 0.29) is 48.3 Å². The van der Waals surface area contributed by atoms with Crippen LogP contribution in [0.15, 0.2) is 0 Å². The molecule has 0 aromatic rings. The number of ether oxygens (including phenoxy) is 2. The monoisotopic (exact) mass is 254 g/mol. The maximum absolute atomic E-state index is 12.1. The zero-order valence-corrected chi connectivity index (χ0v) is 10.4. The first-order valence-electron chi connectivity index (χ1n) is 6.67. The third kappa shape index (κ3) is 1.43. The average molecular weight is 254 g/mol. The number of aliphatic hydroxyl groups excluding tert-OH is 1. The van der Waals surface area contributed by atoms with Crippen molar-refractivity contribution in [2.75, 3.05) is 13.2 Å². The molecule has 18 heavy (non-hydrogen) atoms. The lowest BCUT2D eigenvalue weighted by Crippen LogP contribution is -2.53. The number of rotatable bonds is 3. The Hall–Kier alpha value is -1.10. The van der Waals surface area contributed by atoms with Crippen LogP contribution in [0.1, 0.15) is 19.8 Å². The molecule has 6 unspecified atom stereocenters. The van der Waals surface area contributed by atoms with Crippen molar-refractivity contribution in [2.45, 2.75) is 25.9 Å². The largest absolute Gasteiger partial charge is 0.466 e. The van der Waals surface area contributed by atoms with Crippen LogP contribution >= 0.6 is 0 Å². The Morgan fingerprint density at radius 3 is 2.83 bits per heavy atom. The van der Waals surface area contributed by atoms with Crippen molar-refractivity contribution in [1.29, 1.82) is 0 Å². The summed E-state index contributed by atoms with van der Waals surface area (Å²) < 4.78 is 10.5. The smallest absolute Gasteiger partial charge is 0.310 e. The summed E-state index contributed by atoms with van der Waals surface area (Å²) in [6, 6.07) is 0. The minimum Gasteiger partial charge on any atom is -0.466 e. The normalized spacial score (nSPS) is 44.9. The van der Waals surface area contributed by atoms with E-state index in [1.165, 1.54) is 0 Å². The number of aliphatic hydroxyl groups is 1. The standard InChI is InChI=1S/C13H18O5/c1-2-17-12(15)9-6-3-4-7-10(9)13(16)18-11(7)8(6)5-14/h6-11,14H,2-5H2,1H3. The third-order valence-electron chi connectivity index (χ3n) is 4.83. The van der Waals surface area contributed by atoms with Gasteiger partial charge in [-0.05, 0) is 25.7 Å². The van der Waals surface area contributed by atoms with Gasteiger partial charge < -0.3 is 14.6 Å². The van der Waals surface area contributed by atoms with Gasteiger partial charge in [0, 0.05) is 18.4 Å². The second-order valence-electron chi connectivity index (χ2n) is 5.46. The van der Waals surface area contributed by atoms with Crippen molar-refractivity contribution in [1.82, 2.24) is 0 Å². The molecule has 4 fully saturated rings. The third-order valence-corrected chi connectivity index (χ3v) is 4.83. The second-order valence-corrected chi connectivity index (χ2v) is 5.46. The lowest BCUT2D eigenvalue weighted by Gasteiger charge is -2.47. The van der Waals surface area contributed by atoms with Crippen molar-refractivity contribution < 1.29 is 24.2 Å². The Kier molecular flexibility index (Phi) is 2.81. The fraction of sp³-hybridized carbons (Fsp3) is 0.846. The first kappa shape index (κ1) is 12.0. The van der Waals surface area contributed by atoms with Gasteiger partial charge in [0.2, 0.25) is 0 Å². The highest BCUT2D eigenvalue weighted by atomic mass is 16.6. The van der Waals surface area contributed by atoms with E-state index in [0.717, 1.165) is 12.8 Å². The number of carbonyl (C=O) groups is 2. The topological polar surface area (TPSA) is 72.8 Å². The molecule has 1 aliphatic heterocycles. The lowest BCUT2D eigenvalue weighted by atomic mass is 9.54. The quantitative estimate of drug-likeness (QED) is 0.736. The zero-order chi connectivity index (χ0) is 12.9. The van der Waals surface area contributed by atoms with Crippen LogP contribution in [0.4, 0.5) is 0 Å². The number of hydrogen-bond acceptors (Lipinski definition) is 5. The van der Waals surface area contributed by atoms with Gasteiger partial charge in [-0.3, -0.25) is 9.59 Å². The fourth-order valence-corrected chi connectivity index (χ4v) is 4.19. The molecule has 4 rings (SSSR count). The summed E-state index contributed by atoms with van der Waals surface area (Å²) in [5.41, 5.74) is 0. The number of carbonyl (C=O) groups excluding carboxylic acids is 2. The second kappa shape index (κ2) is 4.23. The Bertz CT molecular complexity index is 380. The van der Waals surface area contributed by atoms with Gasteiger partial charge in [0.1, 0.15) is 6.10 Å². The van der Waals surface area contributed by atoms with Crippen LogP contribution in [-0.2, 0) is 19.1 Å². The van der Waals surface area contributed by atoms with Crippen LogP contribution in [0.2, 0.25) is 0 Å². The van der Waals surface area contributed by atoms with E-state index in [2.05, 4.69) is 0 Å². The zero-order valence-electron chi connectivity index (χ0n) is 10.4. The summed E-state index contributed by atoms with van der Waals surface area (Å²) >= 11 is 0. The highest BCUT2D eigenvalue weighted by molar-refractivity contribution is 5.85. The maximum Gasteiger partial charge on any atom is 0.310 e. The summed E-state index contributed by atoms with van der Waals surface area (Å²) in [5.74, 6) is -1.30. The van der Waals surface area contributed by atoms with E-state index in [1.807, 2.05) is 0 Å². The van der Waals surface area contributed by atoms with Crippen LogP contribution in [0, 0.1) is 29.6 Å². The SMILES string of the molecule is CCOC(=O)C1C2CCC3C(OC(=O)C31)C2CO. The molecule has 1 N–H and O–H groups in total. The van der Waals surface area contributed by atoms with E-state index in [1.54, 1.807) is 6.92 Å². The molecule has 0 aromatic carbocycles. The van der Waals surface area contributed by atoms with Gasteiger partial charge in [-0.25, -0.2) is 0 Å². The van der Waals surface area contributed by atoms with Crippen molar-refractivity contribution in [3.05, 3.63) is 0 Å². The summed E-state index contributed by atoms with van der Waals surface area (Å²) in [4.78, 5) is 24.0. The van der Waals surface area contributed by atoms with Gasteiger partial charge in [-0.15, -0.1) is 0 Å². The van der Waals surface area contributed by atoms with Crippen LogP contribution in [0.25, 0.3) is 0 Å². The summed E-state index contributed by atoms with van der Waals surface area (Å²) in [6.45, 7) is 2.06. The molecule has 0 spiro atoms. The molecule has 6 atom stereocenters. The van der Waals surface area contributed by atoms with Crippen molar-refractivity contribution in [3.8, 4) is 0 Å².